The molecule has 0 spiro atoms. The average molecular weight is 389 g/mol. The molecule has 0 fully saturated rings. The number of ether oxygens (including phenoxy) is 2. The molecule has 28 heavy (non-hydrogen) atoms. The molecule has 0 aliphatic heterocycles. The first kappa shape index (κ1) is 21.5. The summed E-state index contributed by atoms with van der Waals surface area (Å²) in [5, 5.41) is 10.7. The molecule has 0 unspecified atom stereocenters. The van der Waals surface area contributed by atoms with Gasteiger partial charge in [0.05, 0.1) is 12.7 Å². The topological polar surface area (TPSA) is 98.6 Å². The van der Waals surface area contributed by atoms with Crippen molar-refractivity contribution >= 4 is 17.5 Å². The van der Waals surface area contributed by atoms with Crippen molar-refractivity contribution in [3.63, 3.8) is 0 Å². The Hall–Kier alpha value is -2.78. The van der Waals surface area contributed by atoms with Crippen molar-refractivity contribution in [2.24, 2.45) is 0 Å². The first-order valence-electron chi connectivity index (χ1n) is 9.18. The fraction of sp³-hybridized carbons (Fsp3) is 0.474. The Morgan fingerprint density at radius 2 is 1.96 bits per heavy atom. The highest BCUT2D eigenvalue weighted by Crippen LogP contribution is 2.13. The van der Waals surface area contributed by atoms with E-state index in [1.54, 1.807) is 24.2 Å². The van der Waals surface area contributed by atoms with E-state index in [0.29, 0.717) is 32.0 Å². The number of benzene rings is 1. The Kier molecular flexibility index (Phi) is 8.09. The Morgan fingerprint density at radius 1 is 1.25 bits per heavy atom. The van der Waals surface area contributed by atoms with Crippen LogP contribution in [0.4, 0.5) is 5.69 Å². The molecule has 0 radical (unpaired) electrons. The lowest BCUT2D eigenvalue weighted by molar-refractivity contribution is -0.145. The van der Waals surface area contributed by atoms with Gasteiger partial charge in [-0.1, -0.05) is 17.3 Å². The van der Waals surface area contributed by atoms with Crippen molar-refractivity contribution in [1.82, 2.24) is 19.9 Å². The van der Waals surface area contributed by atoms with Crippen LogP contribution in [0.2, 0.25) is 0 Å². The molecule has 0 saturated carbocycles. The summed E-state index contributed by atoms with van der Waals surface area (Å²) in [7, 11) is 1.73. The number of carbonyl (C=O) groups excluding carboxylic acids is 2. The molecule has 0 saturated heterocycles. The number of hydrogen-bond acceptors (Lipinski definition) is 6. The van der Waals surface area contributed by atoms with Gasteiger partial charge in [0.15, 0.2) is 12.0 Å². The van der Waals surface area contributed by atoms with E-state index in [9.17, 15) is 9.59 Å². The van der Waals surface area contributed by atoms with Gasteiger partial charge in [-0.2, -0.15) is 0 Å². The van der Waals surface area contributed by atoms with Crippen molar-refractivity contribution in [1.29, 1.82) is 0 Å². The highest BCUT2D eigenvalue weighted by atomic mass is 16.7. The number of nitrogens with one attached hydrogen (secondary N) is 1. The molecular formula is C19H27N5O4. The number of rotatable bonds is 10. The predicted octanol–water partition coefficient (Wildman–Crippen LogP) is 1.91. The molecule has 0 bridgehead atoms. The van der Waals surface area contributed by atoms with Gasteiger partial charge in [-0.05, 0) is 31.5 Å². The van der Waals surface area contributed by atoms with E-state index in [1.165, 1.54) is 11.6 Å². The third-order valence-corrected chi connectivity index (χ3v) is 3.95. The third-order valence-electron chi connectivity index (χ3n) is 3.95. The fourth-order valence-corrected chi connectivity index (χ4v) is 2.50. The Bertz CT molecular complexity index is 786. The van der Waals surface area contributed by atoms with E-state index < -0.39 is 6.29 Å². The van der Waals surface area contributed by atoms with Gasteiger partial charge in [0.25, 0.3) is 5.91 Å². The van der Waals surface area contributed by atoms with Crippen molar-refractivity contribution in [2.75, 3.05) is 25.6 Å². The van der Waals surface area contributed by atoms with Crippen LogP contribution in [0.25, 0.3) is 0 Å². The van der Waals surface area contributed by atoms with E-state index in [2.05, 4.69) is 15.6 Å². The normalized spacial score (nSPS) is 10.9. The minimum Gasteiger partial charge on any atom is -0.351 e. The van der Waals surface area contributed by atoms with Crippen LogP contribution in [-0.4, -0.2) is 58.3 Å². The van der Waals surface area contributed by atoms with Gasteiger partial charge in [-0.3, -0.25) is 9.59 Å². The molecule has 1 aromatic carbocycles. The Morgan fingerprint density at radius 3 is 2.61 bits per heavy atom. The van der Waals surface area contributed by atoms with Gasteiger partial charge in [0.1, 0.15) is 0 Å². The van der Waals surface area contributed by atoms with Crippen molar-refractivity contribution in [3.8, 4) is 0 Å². The molecule has 9 nitrogen and oxygen atoms in total. The molecular weight excluding hydrogens is 362 g/mol. The monoisotopic (exact) mass is 389 g/mol. The minimum atomic E-state index is -0.442. The zero-order valence-electron chi connectivity index (χ0n) is 16.7. The first-order chi connectivity index (χ1) is 13.4. The zero-order valence-corrected chi connectivity index (χ0v) is 16.7. The summed E-state index contributed by atoms with van der Waals surface area (Å²) in [6, 6.07) is 7.32. The number of nitrogens with zero attached hydrogens (tertiary/aromatic N) is 4. The van der Waals surface area contributed by atoms with Crippen LogP contribution in [0.3, 0.4) is 0 Å². The van der Waals surface area contributed by atoms with Crippen molar-refractivity contribution in [2.45, 2.75) is 40.2 Å². The maximum absolute atomic E-state index is 12.5. The first-order valence-corrected chi connectivity index (χ1v) is 9.18. The van der Waals surface area contributed by atoms with Gasteiger partial charge >= 0.3 is 0 Å². The summed E-state index contributed by atoms with van der Waals surface area (Å²) in [6.45, 7) is 7.11. The second-order valence-corrected chi connectivity index (χ2v) is 6.20. The third kappa shape index (κ3) is 6.43. The molecule has 1 heterocycles. The molecule has 0 aliphatic rings. The van der Waals surface area contributed by atoms with E-state index in [0.717, 1.165) is 5.56 Å². The number of carbonyl (C=O) groups is 2. The lowest BCUT2D eigenvalue weighted by atomic mass is 10.2. The van der Waals surface area contributed by atoms with Crippen molar-refractivity contribution in [3.05, 3.63) is 41.7 Å². The lowest BCUT2D eigenvalue weighted by Gasteiger charge is -2.16. The second kappa shape index (κ2) is 10.5. The van der Waals surface area contributed by atoms with E-state index in [-0.39, 0.29) is 17.5 Å². The largest absolute Gasteiger partial charge is 0.351 e. The van der Waals surface area contributed by atoms with Gasteiger partial charge < -0.3 is 19.7 Å². The summed E-state index contributed by atoms with van der Waals surface area (Å²) in [6.07, 6.45) is 1.11. The summed E-state index contributed by atoms with van der Waals surface area (Å²) >= 11 is 0. The quantitative estimate of drug-likeness (QED) is 0.623. The number of aromatic nitrogens is 3. The Labute approximate surface area is 164 Å². The highest BCUT2D eigenvalue weighted by Gasteiger charge is 2.15. The maximum Gasteiger partial charge on any atom is 0.277 e. The SMILES string of the molecule is CCOC(Cn1cc(C(=O)Nc2cccc(CN(C)C(C)=O)c2)nn1)OCC. The van der Waals surface area contributed by atoms with E-state index >= 15 is 0 Å². The second-order valence-electron chi connectivity index (χ2n) is 6.20. The number of anilines is 1. The lowest BCUT2D eigenvalue weighted by Crippen LogP contribution is -2.24. The van der Waals surface area contributed by atoms with Gasteiger partial charge in [-0.25, -0.2) is 4.68 Å². The van der Waals surface area contributed by atoms with E-state index in [1.807, 2.05) is 32.0 Å². The van der Waals surface area contributed by atoms with Crippen LogP contribution >= 0.6 is 0 Å². The maximum atomic E-state index is 12.5. The molecule has 2 amide bonds. The predicted molar refractivity (Wildman–Crippen MR) is 104 cm³/mol. The molecule has 1 N–H and O–H groups in total. The minimum absolute atomic E-state index is 0.0246. The van der Waals surface area contributed by atoms with Crippen LogP contribution in [0, 0.1) is 0 Å². The van der Waals surface area contributed by atoms with Crippen LogP contribution in [0.5, 0.6) is 0 Å². The van der Waals surface area contributed by atoms with Gasteiger partial charge in [-0.15, -0.1) is 5.10 Å². The molecule has 0 atom stereocenters. The summed E-state index contributed by atoms with van der Waals surface area (Å²) in [5.41, 5.74) is 1.73. The van der Waals surface area contributed by atoms with Crippen LogP contribution in [0.1, 0.15) is 36.8 Å². The average Bonchev–Trinajstić information content (AvgIpc) is 3.11. The van der Waals surface area contributed by atoms with Crippen LogP contribution in [-0.2, 0) is 27.4 Å². The van der Waals surface area contributed by atoms with E-state index in [4.69, 9.17) is 9.47 Å². The molecule has 152 valence electrons. The van der Waals surface area contributed by atoms with Gasteiger partial charge in [0.2, 0.25) is 5.91 Å². The summed E-state index contributed by atoms with van der Waals surface area (Å²) in [5.74, 6) is -0.392. The van der Waals surface area contributed by atoms with Gasteiger partial charge in [0, 0.05) is 39.4 Å². The molecule has 2 rings (SSSR count). The standard InChI is InChI=1S/C19H27N5O4/c1-5-27-18(28-6-2)13-24-12-17(21-22-24)19(26)20-16-9-7-8-15(10-16)11-23(4)14(3)25/h7-10,12,18H,5-6,11,13H2,1-4H3,(H,20,26). The zero-order chi connectivity index (χ0) is 20.5. The van der Waals surface area contributed by atoms with Crippen molar-refractivity contribution < 1.29 is 19.1 Å². The smallest absolute Gasteiger partial charge is 0.277 e. The van der Waals surface area contributed by atoms with Crippen LogP contribution in [0.15, 0.2) is 30.5 Å². The molecule has 9 heteroatoms. The summed E-state index contributed by atoms with van der Waals surface area (Å²) < 4.78 is 12.5. The molecule has 2 aromatic rings. The molecule has 0 aliphatic carbocycles. The fourth-order valence-electron chi connectivity index (χ4n) is 2.50. The van der Waals surface area contributed by atoms with Crippen LogP contribution < -0.4 is 5.32 Å². The summed E-state index contributed by atoms with van der Waals surface area (Å²) in [4.78, 5) is 25.4. The highest BCUT2D eigenvalue weighted by molar-refractivity contribution is 6.02. The Balaban J connectivity index is 2.00. The number of hydrogen-bond donors (Lipinski definition) is 1. The number of amides is 2. The molecule has 1 aromatic heterocycles.